The molecule has 1 fully saturated rings. The molecule has 6 nitrogen and oxygen atoms in total. The zero-order valence-electron chi connectivity index (χ0n) is 16.0. The Morgan fingerprint density at radius 3 is 2.50 bits per heavy atom. The second-order valence-corrected chi connectivity index (χ2v) is 6.93. The minimum absolute atomic E-state index is 0.676. The van der Waals surface area contributed by atoms with Crippen molar-refractivity contribution in [3.05, 3.63) is 17.0 Å². The van der Waals surface area contributed by atoms with E-state index in [0.717, 1.165) is 30.7 Å². The third kappa shape index (κ3) is 5.23. The average molecular weight is 335 g/mol. The van der Waals surface area contributed by atoms with E-state index in [9.17, 15) is 0 Å². The Morgan fingerprint density at radius 2 is 1.92 bits per heavy atom. The van der Waals surface area contributed by atoms with Gasteiger partial charge in [-0.3, -0.25) is 4.68 Å². The number of nitrogens with one attached hydrogen (secondary N) is 2. The van der Waals surface area contributed by atoms with Gasteiger partial charge in [0.05, 0.1) is 12.2 Å². The van der Waals surface area contributed by atoms with Crippen molar-refractivity contribution in [1.82, 2.24) is 25.3 Å². The lowest BCUT2D eigenvalue weighted by atomic mass is 9.94. The van der Waals surface area contributed by atoms with Gasteiger partial charge in [-0.2, -0.15) is 5.10 Å². The number of hydrogen-bond donors (Lipinski definition) is 2. The molecule has 0 amide bonds. The van der Waals surface area contributed by atoms with Gasteiger partial charge in [0.1, 0.15) is 0 Å². The number of guanidine groups is 1. The summed E-state index contributed by atoms with van der Waals surface area (Å²) in [6, 6.07) is 0. The van der Waals surface area contributed by atoms with E-state index in [-0.39, 0.29) is 0 Å². The quantitative estimate of drug-likeness (QED) is 0.615. The first kappa shape index (κ1) is 18.8. The summed E-state index contributed by atoms with van der Waals surface area (Å²) < 4.78 is 1.93. The highest BCUT2D eigenvalue weighted by molar-refractivity contribution is 5.79. The van der Waals surface area contributed by atoms with Crippen LogP contribution in [0.1, 0.15) is 43.1 Å². The maximum absolute atomic E-state index is 4.75. The van der Waals surface area contributed by atoms with E-state index in [1.54, 1.807) is 0 Å². The number of hydrogen-bond acceptors (Lipinski definition) is 3. The van der Waals surface area contributed by atoms with Crippen LogP contribution in [0.3, 0.4) is 0 Å². The van der Waals surface area contributed by atoms with Crippen LogP contribution in [-0.2, 0) is 13.6 Å². The highest BCUT2D eigenvalue weighted by Crippen LogP contribution is 2.18. The Hall–Kier alpha value is -1.56. The van der Waals surface area contributed by atoms with Gasteiger partial charge in [0.15, 0.2) is 5.96 Å². The molecule has 1 aliphatic heterocycles. The largest absolute Gasteiger partial charge is 0.357 e. The maximum Gasteiger partial charge on any atom is 0.191 e. The van der Waals surface area contributed by atoms with E-state index in [1.165, 1.54) is 43.6 Å². The van der Waals surface area contributed by atoms with Crippen molar-refractivity contribution in [2.45, 2.75) is 46.6 Å². The van der Waals surface area contributed by atoms with Gasteiger partial charge < -0.3 is 15.5 Å². The van der Waals surface area contributed by atoms with Crippen LogP contribution in [0.2, 0.25) is 0 Å². The van der Waals surface area contributed by atoms with Crippen LogP contribution in [-0.4, -0.2) is 53.9 Å². The molecule has 0 unspecified atom stereocenters. The lowest BCUT2D eigenvalue weighted by molar-refractivity contribution is 0.213. The molecule has 0 aromatic carbocycles. The van der Waals surface area contributed by atoms with Gasteiger partial charge >= 0.3 is 0 Å². The molecule has 1 aromatic rings. The van der Waals surface area contributed by atoms with Crippen LogP contribution in [0.4, 0.5) is 0 Å². The van der Waals surface area contributed by atoms with Crippen molar-refractivity contribution >= 4 is 5.96 Å². The third-order valence-corrected chi connectivity index (χ3v) is 5.08. The molecule has 2 heterocycles. The molecule has 2 rings (SSSR count). The lowest BCUT2D eigenvalue weighted by Gasteiger charge is -2.29. The Kier molecular flexibility index (Phi) is 7.09. The van der Waals surface area contributed by atoms with Crippen molar-refractivity contribution in [3.63, 3.8) is 0 Å². The SMILES string of the molecule is CCNC(=NCc1c(C)nn(C)c1C)NCCC1CCN(C)CC1. The van der Waals surface area contributed by atoms with E-state index in [2.05, 4.69) is 48.5 Å². The van der Waals surface area contributed by atoms with Crippen LogP contribution in [0, 0.1) is 19.8 Å². The zero-order valence-corrected chi connectivity index (χ0v) is 16.0. The summed E-state index contributed by atoms with van der Waals surface area (Å²) in [6.07, 6.45) is 3.86. The van der Waals surface area contributed by atoms with Gasteiger partial charge in [-0.05, 0) is 66.1 Å². The van der Waals surface area contributed by atoms with Crippen molar-refractivity contribution < 1.29 is 0 Å². The van der Waals surface area contributed by atoms with Crippen molar-refractivity contribution in [1.29, 1.82) is 0 Å². The van der Waals surface area contributed by atoms with E-state index in [0.29, 0.717) is 6.54 Å². The van der Waals surface area contributed by atoms with Gasteiger partial charge in [0.25, 0.3) is 0 Å². The first-order valence-corrected chi connectivity index (χ1v) is 9.21. The third-order valence-electron chi connectivity index (χ3n) is 5.08. The molecule has 0 atom stereocenters. The molecular formula is C18H34N6. The Morgan fingerprint density at radius 1 is 1.21 bits per heavy atom. The van der Waals surface area contributed by atoms with Crippen LogP contribution >= 0.6 is 0 Å². The number of rotatable bonds is 6. The molecule has 0 saturated carbocycles. The Bertz CT molecular complexity index is 540. The van der Waals surface area contributed by atoms with Crippen LogP contribution in [0.5, 0.6) is 0 Å². The minimum Gasteiger partial charge on any atom is -0.357 e. The molecule has 0 radical (unpaired) electrons. The fourth-order valence-electron chi connectivity index (χ4n) is 3.29. The monoisotopic (exact) mass is 334 g/mol. The van der Waals surface area contributed by atoms with Crippen LogP contribution in [0.15, 0.2) is 4.99 Å². The maximum atomic E-state index is 4.75. The number of aromatic nitrogens is 2. The summed E-state index contributed by atoms with van der Waals surface area (Å²) >= 11 is 0. The van der Waals surface area contributed by atoms with Crippen LogP contribution < -0.4 is 10.6 Å². The molecule has 0 spiro atoms. The second kappa shape index (κ2) is 9.06. The summed E-state index contributed by atoms with van der Waals surface area (Å²) in [5, 5.41) is 11.3. The van der Waals surface area contributed by atoms with Gasteiger partial charge in [-0.15, -0.1) is 0 Å². The Balaban J connectivity index is 1.84. The summed E-state index contributed by atoms with van der Waals surface area (Å²) in [7, 11) is 4.20. The van der Waals surface area contributed by atoms with Crippen LogP contribution in [0.25, 0.3) is 0 Å². The smallest absolute Gasteiger partial charge is 0.191 e. The van der Waals surface area contributed by atoms with Gasteiger partial charge in [-0.1, -0.05) is 0 Å². The molecule has 24 heavy (non-hydrogen) atoms. The van der Waals surface area contributed by atoms with Gasteiger partial charge in [0.2, 0.25) is 0 Å². The molecule has 1 aliphatic rings. The number of piperidine rings is 1. The topological polar surface area (TPSA) is 57.5 Å². The molecule has 6 heteroatoms. The van der Waals surface area contributed by atoms with Gasteiger partial charge in [-0.25, -0.2) is 4.99 Å². The number of nitrogens with zero attached hydrogens (tertiary/aromatic N) is 4. The molecule has 2 N–H and O–H groups in total. The first-order valence-electron chi connectivity index (χ1n) is 9.21. The molecular weight excluding hydrogens is 300 g/mol. The highest BCUT2D eigenvalue weighted by Gasteiger charge is 2.16. The van der Waals surface area contributed by atoms with E-state index < -0.39 is 0 Å². The predicted octanol–water partition coefficient (Wildman–Crippen LogP) is 1.82. The summed E-state index contributed by atoms with van der Waals surface area (Å²) in [6.45, 7) is 11.3. The first-order chi connectivity index (χ1) is 11.5. The van der Waals surface area contributed by atoms with E-state index in [4.69, 9.17) is 4.99 Å². The van der Waals surface area contributed by atoms with E-state index >= 15 is 0 Å². The number of likely N-dealkylation sites (tertiary alicyclic amines) is 1. The fraction of sp³-hybridized carbons (Fsp3) is 0.778. The molecule has 1 saturated heterocycles. The van der Waals surface area contributed by atoms with E-state index in [1.807, 2.05) is 11.7 Å². The molecule has 0 bridgehead atoms. The van der Waals surface area contributed by atoms with Gasteiger partial charge in [0, 0.05) is 31.4 Å². The fourth-order valence-corrected chi connectivity index (χ4v) is 3.29. The lowest BCUT2D eigenvalue weighted by Crippen LogP contribution is -2.39. The molecule has 1 aromatic heterocycles. The summed E-state index contributed by atoms with van der Waals surface area (Å²) in [5.41, 5.74) is 3.49. The van der Waals surface area contributed by atoms with Crippen molar-refractivity contribution in [2.75, 3.05) is 33.2 Å². The van der Waals surface area contributed by atoms with Crippen molar-refractivity contribution in [2.24, 2.45) is 18.0 Å². The molecule has 0 aliphatic carbocycles. The number of aliphatic imine (C=N–C) groups is 1. The highest BCUT2D eigenvalue weighted by atomic mass is 15.3. The summed E-state index contributed by atoms with van der Waals surface area (Å²) in [4.78, 5) is 7.17. The molecule has 136 valence electrons. The normalized spacial score (nSPS) is 17.3. The minimum atomic E-state index is 0.676. The zero-order chi connectivity index (χ0) is 17.5. The standard InChI is InChI=1S/C18H34N6/c1-6-19-18(20-10-7-16-8-11-23(4)12-9-16)21-13-17-14(2)22-24(5)15(17)3/h16H,6-13H2,1-5H3,(H2,19,20,21). The summed E-state index contributed by atoms with van der Waals surface area (Å²) in [5.74, 6) is 1.76. The average Bonchev–Trinajstić information content (AvgIpc) is 2.80. The Labute approximate surface area is 146 Å². The van der Waals surface area contributed by atoms with Crippen molar-refractivity contribution in [3.8, 4) is 0 Å². The second-order valence-electron chi connectivity index (χ2n) is 6.93. The number of aryl methyl sites for hydroxylation is 2. The predicted molar refractivity (Wildman–Crippen MR) is 100 cm³/mol.